The van der Waals surface area contributed by atoms with Crippen molar-refractivity contribution < 1.29 is 4.79 Å². The summed E-state index contributed by atoms with van der Waals surface area (Å²) in [5, 5.41) is 3.01. The molecule has 3 nitrogen and oxygen atoms in total. The van der Waals surface area contributed by atoms with Crippen LogP contribution >= 0.6 is 12.2 Å². The Labute approximate surface area is 88.3 Å². The highest BCUT2D eigenvalue weighted by Crippen LogP contribution is 2.10. The van der Waals surface area contributed by atoms with Crippen LogP contribution in [0.5, 0.6) is 0 Å². The quantitative estimate of drug-likeness (QED) is 0.588. The molecule has 0 bridgehead atoms. The molecule has 0 atom stereocenters. The van der Waals surface area contributed by atoms with Crippen molar-refractivity contribution in [2.45, 2.75) is 13.3 Å². The Balaban J connectivity index is 2.78. The normalized spacial score (nSPS) is 9.50. The van der Waals surface area contributed by atoms with E-state index in [2.05, 4.69) is 17.5 Å². The minimum absolute atomic E-state index is 0.131. The molecule has 0 aromatic heterocycles. The molecule has 0 aliphatic rings. The van der Waals surface area contributed by atoms with Crippen molar-refractivity contribution in [2.24, 2.45) is 5.73 Å². The van der Waals surface area contributed by atoms with Crippen LogP contribution in [0.3, 0.4) is 0 Å². The number of carbonyl (C=O) groups excluding carboxylic acids is 1. The van der Waals surface area contributed by atoms with Crippen molar-refractivity contribution in [3.8, 4) is 0 Å². The zero-order chi connectivity index (χ0) is 10.6. The second-order valence-electron chi connectivity index (χ2n) is 2.84. The lowest BCUT2D eigenvalue weighted by Crippen LogP contribution is -2.18. The number of hydrogen-bond donors (Lipinski definition) is 2. The van der Waals surface area contributed by atoms with Crippen LogP contribution in [-0.4, -0.2) is 10.9 Å². The third kappa shape index (κ3) is 2.81. The molecule has 14 heavy (non-hydrogen) atoms. The lowest BCUT2D eigenvalue weighted by Gasteiger charge is -2.04. The van der Waals surface area contributed by atoms with Crippen LogP contribution in [0.2, 0.25) is 0 Å². The van der Waals surface area contributed by atoms with Gasteiger partial charge in [-0.05, 0) is 36.5 Å². The molecule has 1 aromatic rings. The smallest absolute Gasteiger partial charge is 0.168 e. The second-order valence-corrected chi connectivity index (χ2v) is 3.28. The lowest BCUT2D eigenvalue weighted by atomic mass is 10.1. The molecule has 0 aliphatic carbocycles. The fourth-order valence-corrected chi connectivity index (χ4v) is 1.20. The molecule has 0 heterocycles. The number of rotatable bonds is 3. The summed E-state index contributed by atoms with van der Waals surface area (Å²) < 4.78 is 0. The van der Waals surface area contributed by atoms with Gasteiger partial charge < -0.3 is 11.1 Å². The number of ketones is 1. The summed E-state index contributed by atoms with van der Waals surface area (Å²) in [6, 6.07) is 7.07. The molecule has 0 radical (unpaired) electrons. The molecule has 0 spiro atoms. The number of benzene rings is 1. The third-order valence-corrected chi connectivity index (χ3v) is 1.90. The Morgan fingerprint density at radius 3 is 2.43 bits per heavy atom. The van der Waals surface area contributed by atoms with E-state index < -0.39 is 0 Å². The molecule has 0 aliphatic heterocycles. The summed E-state index contributed by atoms with van der Waals surface area (Å²) in [5.41, 5.74) is 6.81. The number of thiocarbonyl (C=S) groups is 1. The van der Waals surface area contributed by atoms with Gasteiger partial charge in [-0.1, -0.05) is 6.92 Å². The molecule has 0 unspecified atom stereocenters. The van der Waals surface area contributed by atoms with Crippen LogP contribution < -0.4 is 11.1 Å². The number of nitrogens with one attached hydrogen (secondary N) is 1. The third-order valence-electron chi connectivity index (χ3n) is 1.80. The summed E-state index contributed by atoms with van der Waals surface area (Å²) in [5.74, 6) is 0.131. The Bertz CT molecular complexity index is 346. The van der Waals surface area contributed by atoms with Crippen LogP contribution in [0, 0.1) is 0 Å². The molecule has 0 saturated heterocycles. The molecule has 1 rings (SSSR count). The lowest BCUT2D eigenvalue weighted by molar-refractivity contribution is 0.0988. The van der Waals surface area contributed by atoms with Crippen molar-refractivity contribution in [2.75, 3.05) is 5.32 Å². The monoisotopic (exact) mass is 208 g/mol. The minimum Gasteiger partial charge on any atom is -0.376 e. The Kier molecular flexibility index (Phi) is 3.59. The van der Waals surface area contributed by atoms with Crippen LogP contribution in [0.4, 0.5) is 5.69 Å². The molecular formula is C10H12N2OS. The largest absolute Gasteiger partial charge is 0.376 e. The van der Waals surface area contributed by atoms with E-state index in [9.17, 15) is 4.79 Å². The van der Waals surface area contributed by atoms with Gasteiger partial charge in [0.15, 0.2) is 10.9 Å². The van der Waals surface area contributed by atoms with Crippen molar-refractivity contribution in [3.05, 3.63) is 29.8 Å². The first kappa shape index (κ1) is 10.7. The maximum absolute atomic E-state index is 11.3. The summed E-state index contributed by atoms with van der Waals surface area (Å²) in [7, 11) is 0. The molecule has 0 fully saturated rings. The SMILES string of the molecule is CCC(=O)c1ccc(NC(N)=S)cc1. The van der Waals surface area contributed by atoms with Crippen LogP contribution in [0.15, 0.2) is 24.3 Å². The van der Waals surface area contributed by atoms with E-state index in [4.69, 9.17) is 5.73 Å². The zero-order valence-electron chi connectivity index (χ0n) is 7.91. The van der Waals surface area contributed by atoms with Gasteiger partial charge in [0.05, 0.1) is 0 Å². The van der Waals surface area contributed by atoms with Crippen molar-refractivity contribution >= 4 is 28.8 Å². The number of Topliss-reactive ketones (excluding diaryl/α,β-unsaturated/α-hetero) is 1. The molecule has 3 N–H and O–H groups in total. The first-order chi connectivity index (χ1) is 6.63. The Hall–Kier alpha value is -1.42. The van der Waals surface area contributed by atoms with Crippen molar-refractivity contribution in [1.82, 2.24) is 0 Å². The van der Waals surface area contributed by atoms with E-state index >= 15 is 0 Å². The fourth-order valence-electron chi connectivity index (χ4n) is 1.09. The topological polar surface area (TPSA) is 55.1 Å². The van der Waals surface area contributed by atoms with Gasteiger partial charge in [-0.2, -0.15) is 0 Å². The summed E-state index contributed by atoms with van der Waals surface area (Å²) in [6.45, 7) is 1.84. The molecule has 0 saturated carbocycles. The van der Waals surface area contributed by atoms with E-state index in [0.717, 1.165) is 5.69 Å². The molecule has 74 valence electrons. The predicted octanol–water partition coefficient (Wildman–Crippen LogP) is 1.93. The highest BCUT2D eigenvalue weighted by molar-refractivity contribution is 7.80. The van der Waals surface area contributed by atoms with Gasteiger partial charge in [0.25, 0.3) is 0 Å². The van der Waals surface area contributed by atoms with Gasteiger partial charge in [0.1, 0.15) is 0 Å². The average Bonchev–Trinajstić information content (AvgIpc) is 2.17. The predicted molar refractivity (Wildman–Crippen MR) is 61.5 cm³/mol. The van der Waals surface area contributed by atoms with E-state index in [1.165, 1.54) is 0 Å². The maximum Gasteiger partial charge on any atom is 0.168 e. The van der Waals surface area contributed by atoms with Crippen LogP contribution in [-0.2, 0) is 0 Å². The van der Waals surface area contributed by atoms with Gasteiger partial charge in [0.2, 0.25) is 0 Å². The maximum atomic E-state index is 11.3. The van der Waals surface area contributed by atoms with Gasteiger partial charge in [-0.25, -0.2) is 0 Å². The molecule has 1 aromatic carbocycles. The zero-order valence-corrected chi connectivity index (χ0v) is 8.73. The highest BCUT2D eigenvalue weighted by Gasteiger charge is 2.01. The first-order valence-corrected chi connectivity index (χ1v) is 4.74. The first-order valence-electron chi connectivity index (χ1n) is 4.33. The molecule has 0 amide bonds. The summed E-state index contributed by atoms with van der Waals surface area (Å²) >= 11 is 4.68. The van der Waals surface area contributed by atoms with Crippen LogP contribution in [0.25, 0.3) is 0 Å². The van der Waals surface area contributed by atoms with E-state index in [1.807, 2.05) is 6.92 Å². The molecule has 4 heteroatoms. The second kappa shape index (κ2) is 4.72. The fraction of sp³-hybridized carbons (Fsp3) is 0.200. The summed E-state index contributed by atoms with van der Waals surface area (Å²) in [4.78, 5) is 11.3. The minimum atomic E-state index is 0.131. The average molecular weight is 208 g/mol. The number of anilines is 1. The van der Waals surface area contributed by atoms with Crippen LogP contribution in [0.1, 0.15) is 23.7 Å². The standard InChI is InChI=1S/C10H12N2OS/c1-2-9(13)7-3-5-8(6-4-7)12-10(11)14/h3-6H,2H2,1H3,(H3,11,12,14). The van der Waals surface area contributed by atoms with Crippen molar-refractivity contribution in [3.63, 3.8) is 0 Å². The van der Waals surface area contributed by atoms with Gasteiger partial charge in [-0.15, -0.1) is 0 Å². The number of nitrogens with two attached hydrogens (primary N) is 1. The number of hydrogen-bond acceptors (Lipinski definition) is 2. The van der Waals surface area contributed by atoms with Gasteiger partial charge in [-0.3, -0.25) is 4.79 Å². The van der Waals surface area contributed by atoms with Crippen molar-refractivity contribution in [1.29, 1.82) is 0 Å². The Morgan fingerprint density at radius 2 is 2.00 bits per heavy atom. The van der Waals surface area contributed by atoms with Gasteiger partial charge >= 0.3 is 0 Å². The highest BCUT2D eigenvalue weighted by atomic mass is 32.1. The van der Waals surface area contributed by atoms with E-state index in [-0.39, 0.29) is 10.9 Å². The number of carbonyl (C=O) groups is 1. The molecular weight excluding hydrogens is 196 g/mol. The van der Waals surface area contributed by atoms with Gasteiger partial charge in [0, 0.05) is 17.7 Å². The Morgan fingerprint density at radius 1 is 1.43 bits per heavy atom. The summed E-state index contributed by atoms with van der Waals surface area (Å²) in [6.07, 6.45) is 0.516. The van der Waals surface area contributed by atoms with E-state index in [1.54, 1.807) is 24.3 Å². The van der Waals surface area contributed by atoms with E-state index in [0.29, 0.717) is 12.0 Å².